The fraction of sp³-hybridized carbons (Fsp3) is 0.103. The van der Waals surface area contributed by atoms with E-state index < -0.39 is 17.7 Å². The molecule has 0 saturated carbocycles. The zero-order valence-corrected chi connectivity index (χ0v) is 20.2. The summed E-state index contributed by atoms with van der Waals surface area (Å²) in [5, 5.41) is 23.6. The first-order valence-corrected chi connectivity index (χ1v) is 12.2. The molecular formula is C29H23NO5S. The number of Topliss-reactive ketones (excluding diaryl/α,β-unsaturated/α-hetero) is 1. The second-order valence-corrected chi connectivity index (χ2v) is 9.41. The smallest absolute Gasteiger partial charge is 0.300 e. The summed E-state index contributed by atoms with van der Waals surface area (Å²) in [4.78, 5) is 28.3. The van der Waals surface area contributed by atoms with Crippen LogP contribution in [-0.2, 0) is 16.2 Å². The average molecular weight is 498 g/mol. The molecule has 1 aromatic heterocycles. The molecule has 1 aliphatic rings. The maximum Gasteiger partial charge on any atom is 0.300 e. The summed E-state index contributed by atoms with van der Waals surface area (Å²) in [5.74, 6) is -1.37. The summed E-state index contributed by atoms with van der Waals surface area (Å²) in [6.45, 7) is 2.26. The number of carbonyl (C=O) groups is 2. The summed E-state index contributed by atoms with van der Waals surface area (Å²) in [5.41, 5.74) is 2.39. The Kier molecular flexibility index (Phi) is 6.31. The molecule has 1 atom stereocenters. The summed E-state index contributed by atoms with van der Waals surface area (Å²) >= 11 is 1.36. The zero-order chi connectivity index (χ0) is 25.2. The molecule has 1 saturated heterocycles. The van der Waals surface area contributed by atoms with Crippen LogP contribution in [0, 0.1) is 6.92 Å². The van der Waals surface area contributed by atoms with Crippen molar-refractivity contribution in [3.8, 4) is 11.5 Å². The third-order valence-electron chi connectivity index (χ3n) is 6.08. The number of benzene rings is 3. The normalized spacial score (nSPS) is 16.9. The highest BCUT2D eigenvalue weighted by Crippen LogP contribution is 2.45. The first-order chi connectivity index (χ1) is 17.5. The molecule has 6 nitrogen and oxygen atoms in total. The highest BCUT2D eigenvalue weighted by molar-refractivity contribution is 7.10. The molecule has 1 unspecified atom stereocenters. The number of amides is 1. The lowest BCUT2D eigenvalue weighted by Crippen LogP contribution is -2.29. The first-order valence-electron chi connectivity index (χ1n) is 11.4. The predicted octanol–water partition coefficient (Wildman–Crippen LogP) is 5.97. The van der Waals surface area contributed by atoms with Crippen LogP contribution in [0.15, 0.2) is 95.9 Å². The molecule has 0 spiro atoms. The summed E-state index contributed by atoms with van der Waals surface area (Å²) < 4.78 is 5.94. The Balaban J connectivity index is 1.54. The molecule has 0 radical (unpaired) electrons. The predicted molar refractivity (Wildman–Crippen MR) is 139 cm³/mol. The van der Waals surface area contributed by atoms with Gasteiger partial charge >= 0.3 is 0 Å². The van der Waals surface area contributed by atoms with Crippen LogP contribution in [0.1, 0.15) is 27.6 Å². The van der Waals surface area contributed by atoms with Gasteiger partial charge in [-0.15, -0.1) is 11.3 Å². The van der Waals surface area contributed by atoms with Crippen LogP contribution >= 0.6 is 11.3 Å². The molecule has 1 aliphatic heterocycles. The van der Waals surface area contributed by atoms with E-state index in [1.54, 1.807) is 42.5 Å². The number of aliphatic hydroxyl groups is 1. The second-order valence-electron chi connectivity index (χ2n) is 8.43. The number of phenols is 1. The molecule has 0 aliphatic carbocycles. The fourth-order valence-electron chi connectivity index (χ4n) is 4.31. The summed E-state index contributed by atoms with van der Waals surface area (Å²) in [6.07, 6.45) is 0. The second kappa shape index (κ2) is 9.71. The van der Waals surface area contributed by atoms with Crippen molar-refractivity contribution in [2.75, 3.05) is 4.90 Å². The number of anilines is 1. The minimum atomic E-state index is -0.868. The lowest BCUT2D eigenvalue weighted by Gasteiger charge is -2.24. The molecular weight excluding hydrogens is 474 g/mol. The van der Waals surface area contributed by atoms with Gasteiger partial charge in [-0.2, -0.15) is 0 Å². The van der Waals surface area contributed by atoms with Gasteiger partial charge in [-0.05, 0) is 59.8 Å². The summed E-state index contributed by atoms with van der Waals surface area (Å²) in [6, 6.07) is 24.0. The Bertz CT molecular complexity index is 1460. The quantitative estimate of drug-likeness (QED) is 0.195. The van der Waals surface area contributed by atoms with Crippen LogP contribution in [0.2, 0.25) is 0 Å². The molecule has 180 valence electrons. The number of ketones is 1. The SMILES string of the molecule is Cc1cc(/C(O)=C2/C(=O)C(=O)N(c3ccccc3O)C2c2cccs2)ccc1OCc1ccccc1. The van der Waals surface area contributed by atoms with Gasteiger partial charge in [-0.3, -0.25) is 14.5 Å². The highest BCUT2D eigenvalue weighted by atomic mass is 32.1. The van der Waals surface area contributed by atoms with Crippen molar-refractivity contribution in [3.63, 3.8) is 0 Å². The van der Waals surface area contributed by atoms with Crippen molar-refractivity contribution in [1.29, 1.82) is 0 Å². The lowest BCUT2D eigenvalue weighted by molar-refractivity contribution is -0.132. The fourth-order valence-corrected chi connectivity index (χ4v) is 5.14. The molecule has 3 aromatic carbocycles. The van der Waals surface area contributed by atoms with Crippen molar-refractivity contribution in [2.45, 2.75) is 19.6 Å². The molecule has 0 bridgehead atoms. The average Bonchev–Trinajstić information content (AvgIpc) is 3.51. The summed E-state index contributed by atoms with van der Waals surface area (Å²) in [7, 11) is 0. The van der Waals surface area contributed by atoms with Gasteiger partial charge in [0.2, 0.25) is 0 Å². The van der Waals surface area contributed by atoms with Gasteiger partial charge in [0.25, 0.3) is 11.7 Å². The Hall–Kier alpha value is -4.36. The van der Waals surface area contributed by atoms with Gasteiger partial charge in [0, 0.05) is 10.4 Å². The van der Waals surface area contributed by atoms with E-state index in [-0.39, 0.29) is 22.8 Å². The number of thiophene rings is 1. The monoisotopic (exact) mass is 497 g/mol. The molecule has 1 fully saturated rings. The van der Waals surface area contributed by atoms with E-state index in [0.717, 1.165) is 11.1 Å². The number of aryl methyl sites for hydroxylation is 1. The first kappa shape index (κ1) is 23.4. The topological polar surface area (TPSA) is 87.1 Å². The molecule has 36 heavy (non-hydrogen) atoms. The van der Waals surface area contributed by atoms with Crippen LogP contribution in [0.3, 0.4) is 0 Å². The Morgan fingerprint density at radius 2 is 1.72 bits per heavy atom. The Labute approximate surface area is 212 Å². The van der Waals surface area contributed by atoms with E-state index in [1.807, 2.05) is 48.7 Å². The number of aromatic hydroxyl groups is 1. The molecule has 5 rings (SSSR count). The molecule has 7 heteroatoms. The number of phenolic OH excluding ortho intramolecular Hbond substituents is 1. The van der Waals surface area contributed by atoms with Gasteiger partial charge in [0.15, 0.2) is 0 Å². The Morgan fingerprint density at radius 3 is 2.42 bits per heavy atom. The van der Waals surface area contributed by atoms with Crippen LogP contribution in [0.4, 0.5) is 5.69 Å². The number of carbonyl (C=O) groups excluding carboxylic acids is 2. The number of hydrogen-bond donors (Lipinski definition) is 2. The standard InChI is InChI=1S/C29H23NO5S/c1-18-16-20(13-14-23(18)35-17-19-8-3-2-4-9-19)27(32)25-26(24-12-7-15-36-24)30(29(34)28(25)33)21-10-5-6-11-22(21)31/h2-16,26,31-32H,17H2,1H3/b27-25-. The minimum absolute atomic E-state index is 0.0249. The number of nitrogens with zero attached hydrogens (tertiary/aromatic N) is 1. The number of rotatable bonds is 6. The van der Waals surface area contributed by atoms with Crippen LogP contribution in [0.25, 0.3) is 5.76 Å². The maximum atomic E-state index is 13.2. The van der Waals surface area contributed by atoms with E-state index in [4.69, 9.17) is 4.74 Å². The molecule has 2 heterocycles. The van der Waals surface area contributed by atoms with Crippen LogP contribution < -0.4 is 9.64 Å². The number of hydrogen-bond acceptors (Lipinski definition) is 6. The highest BCUT2D eigenvalue weighted by Gasteiger charge is 2.48. The molecule has 1 amide bonds. The van der Waals surface area contributed by atoms with Crippen LogP contribution in [-0.4, -0.2) is 21.9 Å². The third-order valence-corrected chi connectivity index (χ3v) is 7.01. The largest absolute Gasteiger partial charge is 0.507 e. The number of ether oxygens (including phenoxy) is 1. The van der Waals surface area contributed by atoms with Gasteiger partial charge in [0.1, 0.15) is 29.9 Å². The van der Waals surface area contributed by atoms with Crippen LogP contribution in [0.5, 0.6) is 11.5 Å². The van der Waals surface area contributed by atoms with E-state index in [9.17, 15) is 19.8 Å². The van der Waals surface area contributed by atoms with Crippen molar-refractivity contribution >= 4 is 34.5 Å². The van der Waals surface area contributed by atoms with Gasteiger partial charge < -0.3 is 14.9 Å². The van der Waals surface area contributed by atoms with Crippen molar-refractivity contribution in [1.82, 2.24) is 0 Å². The van der Waals surface area contributed by atoms with E-state index in [0.29, 0.717) is 22.8 Å². The van der Waals surface area contributed by atoms with Gasteiger partial charge in [-0.1, -0.05) is 48.5 Å². The van der Waals surface area contributed by atoms with E-state index >= 15 is 0 Å². The van der Waals surface area contributed by atoms with Gasteiger partial charge in [0.05, 0.1) is 11.3 Å². The molecule has 2 N–H and O–H groups in total. The molecule has 4 aromatic rings. The van der Waals surface area contributed by atoms with E-state index in [1.165, 1.54) is 22.3 Å². The minimum Gasteiger partial charge on any atom is -0.507 e. The van der Waals surface area contributed by atoms with Crippen molar-refractivity contribution in [2.24, 2.45) is 0 Å². The number of para-hydroxylation sites is 2. The number of aliphatic hydroxyl groups excluding tert-OH is 1. The van der Waals surface area contributed by atoms with Crippen molar-refractivity contribution < 1.29 is 24.5 Å². The van der Waals surface area contributed by atoms with Crippen molar-refractivity contribution in [3.05, 3.63) is 117 Å². The zero-order valence-electron chi connectivity index (χ0n) is 19.4. The Morgan fingerprint density at radius 1 is 0.972 bits per heavy atom. The van der Waals surface area contributed by atoms with Gasteiger partial charge in [-0.25, -0.2) is 0 Å². The maximum absolute atomic E-state index is 13.2. The third kappa shape index (κ3) is 4.25. The lowest BCUT2D eigenvalue weighted by atomic mass is 9.98. The van der Waals surface area contributed by atoms with E-state index in [2.05, 4.69) is 0 Å².